The minimum atomic E-state index is -0.0686. The summed E-state index contributed by atoms with van der Waals surface area (Å²) in [4.78, 5) is 6.91. The minimum absolute atomic E-state index is 0.0360. The summed E-state index contributed by atoms with van der Waals surface area (Å²) < 4.78 is 8.05. The van der Waals surface area contributed by atoms with Gasteiger partial charge < -0.3 is 19.5 Å². The third-order valence-electron chi connectivity index (χ3n) is 6.64. The molecular weight excluding hydrogens is 452 g/mol. The number of pyridine rings is 1. The largest absolute Gasteiger partial charge is 0.494 e. The highest BCUT2D eigenvalue weighted by molar-refractivity contribution is 7.80. The Morgan fingerprint density at radius 2 is 1.71 bits per heavy atom. The van der Waals surface area contributed by atoms with E-state index < -0.39 is 0 Å². The van der Waals surface area contributed by atoms with E-state index in [-0.39, 0.29) is 12.1 Å². The molecule has 178 valence electrons. The van der Waals surface area contributed by atoms with Gasteiger partial charge in [0.1, 0.15) is 5.75 Å². The van der Waals surface area contributed by atoms with Gasteiger partial charge in [0.05, 0.1) is 24.4 Å². The Balaban J connectivity index is 1.59. The zero-order chi connectivity index (χ0) is 24.4. The predicted octanol–water partition coefficient (Wildman–Crippen LogP) is 6.12. The van der Waals surface area contributed by atoms with Crippen LogP contribution in [0.1, 0.15) is 47.2 Å². The summed E-state index contributed by atoms with van der Waals surface area (Å²) in [6.45, 7) is 7.85. The topological polar surface area (TPSA) is 42.3 Å². The van der Waals surface area contributed by atoms with Crippen LogP contribution in [0, 0.1) is 13.8 Å². The van der Waals surface area contributed by atoms with E-state index in [4.69, 9.17) is 17.0 Å². The van der Waals surface area contributed by atoms with E-state index in [0.717, 1.165) is 23.7 Å². The summed E-state index contributed by atoms with van der Waals surface area (Å²) in [6.07, 6.45) is 1.84. The van der Waals surface area contributed by atoms with Crippen LogP contribution >= 0.6 is 12.2 Å². The average Bonchev–Trinajstić information content (AvgIpc) is 3.37. The van der Waals surface area contributed by atoms with Crippen LogP contribution in [0.3, 0.4) is 0 Å². The van der Waals surface area contributed by atoms with Gasteiger partial charge in [0.25, 0.3) is 0 Å². The third kappa shape index (κ3) is 4.54. The summed E-state index contributed by atoms with van der Waals surface area (Å²) in [5.41, 5.74) is 6.99. The number of hydrogen-bond donors (Lipinski definition) is 1. The lowest BCUT2D eigenvalue weighted by atomic mass is 9.96. The molecule has 0 radical (unpaired) electrons. The number of aryl methyl sites for hydroxylation is 1. The van der Waals surface area contributed by atoms with Crippen LogP contribution < -0.4 is 15.0 Å². The lowest BCUT2D eigenvalue weighted by Gasteiger charge is -2.28. The van der Waals surface area contributed by atoms with E-state index in [0.29, 0.717) is 11.7 Å². The molecule has 0 saturated carbocycles. The van der Waals surface area contributed by atoms with E-state index in [9.17, 15) is 0 Å². The van der Waals surface area contributed by atoms with Crippen molar-refractivity contribution in [2.24, 2.45) is 0 Å². The number of nitrogens with zero attached hydrogens (tertiary/aromatic N) is 3. The molecule has 1 N–H and O–H groups in total. The molecule has 1 aliphatic heterocycles. The second kappa shape index (κ2) is 9.92. The fraction of sp³-hybridized carbons (Fsp3) is 0.241. The second-order valence-corrected chi connectivity index (χ2v) is 9.21. The van der Waals surface area contributed by atoms with E-state index in [1.54, 1.807) is 0 Å². The number of rotatable bonds is 7. The predicted molar refractivity (Wildman–Crippen MR) is 145 cm³/mol. The van der Waals surface area contributed by atoms with Gasteiger partial charge in [0, 0.05) is 29.8 Å². The Labute approximate surface area is 212 Å². The van der Waals surface area contributed by atoms with Crippen LogP contribution in [-0.4, -0.2) is 21.3 Å². The van der Waals surface area contributed by atoms with Gasteiger partial charge >= 0.3 is 0 Å². The number of nitrogens with one attached hydrogen (secondary N) is 1. The summed E-state index contributed by atoms with van der Waals surface area (Å²) in [7, 11) is 0. The molecule has 0 amide bonds. The zero-order valence-electron chi connectivity index (χ0n) is 20.3. The first-order valence-corrected chi connectivity index (χ1v) is 12.4. The SMILES string of the molecule is CCOc1ccc(N2C(=S)N[C@H](c3ccccn3)[C@@H]2c2cc(C)n(Cc3ccccc3)c2C)cc1. The molecule has 35 heavy (non-hydrogen) atoms. The Hall–Kier alpha value is -3.64. The second-order valence-electron chi connectivity index (χ2n) is 8.82. The van der Waals surface area contributed by atoms with Gasteiger partial charge in [-0.3, -0.25) is 4.98 Å². The van der Waals surface area contributed by atoms with Crippen LogP contribution in [0.25, 0.3) is 0 Å². The summed E-state index contributed by atoms with van der Waals surface area (Å²) in [5.74, 6) is 0.855. The normalized spacial score (nSPS) is 17.5. The molecule has 6 heteroatoms. The summed E-state index contributed by atoms with van der Waals surface area (Å²) in [5, 5.41) is 4.26. The molecule has 2 aromatic heterocycles. The van der Waals surface area contributed by atoms with E-state index in [1.807, 2.05) is 37.4 Å². The van der Waals surface area contributed by atoms with Gasteiger partial charge in [-0.25, -0.2) is 0 Å². The van der Waals surface area contributed by atoms with E-state index >= 15 is 0 Å². The minimum Gasteiger partial charge on any atom is -0.494 e. The maximum absolute atomic E-state index is 5.90. The fourth-order valence-corrected chi connectivity index (χ4v) is 5.30. The monoisotopic (exact) mass is 482 g/mol. The van der Waals surface area contributed by atoms with Crippen LogP contribution in [0.5, 0.6) is 5.75 Å². The van der Waals surface area contributed by atoms with Gasteiger partial charge in [0.2, 0.25) is 0 Å². The maximum Gasteiger partial charge on any atom is 0.174 e. The number of ether oxygens (including phenoxy) is 1. The van der Waals surface area contributed by atoms with Crippen LogP contribution in [0.15, 0.2) is 85.1 Å². The van der Waals surface area contributed by atoms with Gasteiger partial charge in [-0.1, -0.05) is 36.4 Å². The van der Waals surface area contributed by atoms with Crippen molar-refractivity contribution < 1.29 is 4.74 Å². The van der Waals surface area contributed by atoms with Crippen molar-refractivity contribution in [1.29, 1.82) is 0 Å². The molecular formula is C29H30N4OS. The van der Waals surface area contributed by atoms with Crippen LogP contribution in [-0.2, 0) is 6.54 Å². The fourth-order valence-electron chi connectivity index (χ4n) is 4.96. The molecule has 1 aliphatic rings. The van der Waals surface area contributed by atoms with Crippen molar-refractivity contribution in [3.63, 3.8) is 0 Å². The number of benzene rings is 2. The highest BCUT2D eigenvalue weighted by Crippen LogP contribution is 2.43. The van der Waals surface area contributed by atoms with Gasteiger partial charge in [0.15, 0.2) is 5.11 Å². The van der Waals surface area contributed by atoms with Crippen molar-refractivity contribution >= 4 is 23.0 Å². The number of thiocarbonyl (C=S) groups is 1. The Morgan fingerprint density at radius 1 is 0.971 bits per heavy atom. The standard InChI is InChI=1S/C29H30N4OS/c1-4-34-24-15-13-23(14-16-24)33-28(27(31-29(33)35)26-12-8-9-17-30-26)25-18-20(2)32(21(25)3)19-22-10-6-5-7-11-22/h5-18,27-28H,4,19H2,1-3H3,(H,31,35)/t27-,28+/m1/s1. The van der Waals surface area contributed by atoms with Crippen molar-refractivity contribution in [3.8, 4) is 5.75 Å². The summed E-state index contributed by atoms with van der Waals surface area (Å²) in [6, 6.07) is 27.0. The van der Waals surface area contributed by atoms with Gasteiger partial charge in [-0.05, 0) is 86.6 Å². The lowest BCUT2D eigenvalue weighted by molar-refractivity contribution is 0.340. The van der Waals surface area contributed by atoms with Gasteiger partial charge in [-0.2, -0.15) is 0 Å². The molecule has 1 saturated heterocycles. The molecule has 1 fully saturated rings. The average molecular weight is 483 g/mol. The number of aromatic nitrogens is 2. The highest BCUT2D eigenvalue weighted by Gasteiger charge is 2.42. The molecule has 4 aromatic rings. The van der Waals surface area contributed by atoms with Crippen LogP contribution in [0.2, 0.25) is 0 Å². The molecule has 2 atom stereocenters. The molecule has 0 bridgehead atoms. The third-order valence-corrected chi connectivity index (χ3v) is 6.95. The smallest absolute Gasteiger partial charge is 0.174 e. The Kier molecular flexibility index (Phi) is 6.55. The first-order chi connectivity index (χ1) is 17.1. The summed E-state index contributed by atoms with van der Waals surface area (Å²) >= 11 is 5.90. The molecule has 3 heterocycles. The van der Waals surface area contributed by atoms with Crippen molar-refractivity contribution in [1.82, 2.24) is 14.9 Å². The Morgan fingerprint density at radius 3 is 2.40 bits per heavy atom. The first-order valence-electron chi connectivity index (χ1n) is 12.0. The number of hydrogen-bond acceptors (Lipinski definition) is 3. The molecule has 5 nitrogen and oxygen atoms in total. The molecule has 0 unspecified atom stereocenters. The lowest BCUT2D eigenvalue weighted by Crippen LogP contribution is -2.29. The first kappa shape index (κ1) is 23.1. The van der Waals surface area contributed by atoms with E-state index in [2.05, 4.69) is 88.2 Å². The molecule has 5 rings (SSSR count). The molecule has 0 aliphatic carbocycles. The molecule has 2 aromatic carbocycles. The molecule has 0 spiro atoms. The van der Waals surface area contributed by atoms with Crippen molar-refractivity contribution in [2.75, 3.05) is 11.5 Å². The number of anilines is 1. The van der Waals surface area contributed by atoms with Crippen molar-refractivity contribution in [2.45, 2.75) is 39.4 Å². The highest BCUT2D eigenvalue weighted by atomic mass is 32.1. The quantitative estimate of drug-likeness (QED) is 0.321. The van der Waals surface area contributed by atoms with Crippen molar-refractivity contribution in [3.05, 3.63) is 113 Å². The van der Waals surface area contributed by atoms with Crippen LogP contribution in [0.4, 0.5) is 5.69 Å². The maximum atomic E-state index is 5.90. The zero-order valence-corrected chi connectivity index (χ0v) is 21.1. The Bertz CT molecular complexity index is 1300. The van der Waals surface area contributed by atoms with Gasteiger partial charge in [-0.15, -0.1) is 0 Å². The van der Waals surface area contributed by atoms with E-state index in [1.165, 1.54) is 22.5 Å².